The minimum Gasteiger partial charge on any atom is -0.353 e. The van der Waals surface area contributed by atoms with Gasteiger partial charge < -0.3 is 5.32 Å². The van der Waals surface area contributed by atoms with Crippen LogP contribution in [0.25, 0.3) is 0 Å². The molecule has 0 saturated carbocycles. The van der Waals surface area contributed by atoms with E-state index < -0.39 is 5.54 Å². The lowest BCUT2D eigenvalue weighted by Crippen LogP contribution is -2.68. The zero-order valence-electron chi connectivity index (χ0n) is 9.62. The Kier molecular flexibility index (Phi) is 3.91. The van der Waals surface area contributed by atoms with Crippen molar-refractivity contribution >= 4 is 5.91 Å². The van der Waals surface area contributed by atoms with Gasteiger partial charge in [0.25, 0.3) is 0 Å². The molecule has 1 rings (SSSR count). The van der Waals surface area contributed by atoms with Crippen LogP contribution >= 0.6 is 0 Å². The van der Waals surface area contributed by atoms with Crippen molar-refractivity contribution in [1.29, 1.82) is 0 Å². The molecular weight excluding hydrogens is 164 g/mol. The van der Waals surface area contributed by atoms with Gasteiger partial charge >= 0.3 is 0 Å². The normalized spacial score (nSPS) is 24.0. The van der Waals surface area contributed by atoms with Gasteiger partial charge in [0.05, 0.1) is 5.54 Å². The lowest BCUT2D eigenvalue weighted by Gasteiger charge is -2.41. The SMILES string of the molecule is CC.CC1(C)CNC(=O)C(C)(C)N1. The van der Waals surface area contributed by atoms with Gasteiger partial charge in [0.15, 0.2) is 0 Å². The van der Waals surface area contributed by atoms with E-state index in [-0.39, 0.29) is 11.4 Å². The molecule has 0 aromatic carbocycles. The van der Waals surface area contributed by atoms with E-state index in [9.17, 15) is 4.79 Å². The fourth-order valence-corrected chi connectivity index (χ4v) is 1.47. The summed E-state index contributed by atoms with van der Waals surface area (Å²) >= 11 is 0. The zero-order valence-corrected chi connectivity index (χ0v) is 9.62. The molecule has 1 saturated heterocycles. The number of piperazine rings is 1. The Morgan fingerprint density at radius 1 is 1.15 bits per heavy atom. The van der Waals surface area contributed by atoms with Gasteiger partial charge in [0.2, 0.25) is 5.91 Å². The van der Waals surface area contributed by atoms with Crippen LogP contribution in [0, 0.1) is 0 Å². The first-order valence-electron chi connectivity index (χ1n) is 4.91. The van der Waals surface area contributed by atoms with Crippen LogP contribution in [0.4, 0.5) is 0 Å². The quantitative estimate of drug-likeness (QED) is 0.598. The fraction of sp³-hybridized carbons (Fsp3) is 0.900. The summed E-state index contributed by atoms with van der Waals surface area (Å²) < 4.78 is 0. The summed E-state index contributed by atoms with van der Waals surface area (Å²) in [5, 5.41) is 6.13. The molecule has 2 N–H and O–H groups in total. The van der Waals surface area contributed by atoms with Crippen LogP contribution in [0.3, 0.4) is 0 Å². The second-order valence-corrected chi connectivity index (χ2v) is 4.32. The molecule has 78 valence electrons. The van der Waals surface area contributed by atoms with E-state index in [1.165, 1.54) is 0 Å². The van der Waals surface area contributed by atoms with Crippen LogP contribution in [0.1, 0.15) is 41.5 Å². The average Bonchev–Trinajstić information content (AvgIpc) is 2.00. The van der Waals surface area contributed by atoms with Gasteiger partial charge in [-0.1, -0.05) is 13.8 Å². The molecule has 3 heteroatoms. The van der Waals surface area contributed by atoms with E-state index in [4.69, 9.17) is 0 Å². The molecule has 3 nitrogen and oxygen atoms in total. The summed E-state index contributed by atoms with van der Waals surface area (Å²) in [5.41, 5.74) is -0.417. The molecule has 1 aliphatic rings. The van der Waals surface area contributed by atoms with E-state index in [0.717, 1.165) is 0 Å². The van der Waals surface area contributed by atoms with Crippen molar-refractivity contribution in [3.05, 3.63) is 0 Å². The number of amides is 1. The van der Waals surface area contributed by atoms with E-state index in [1.54, 1.807) is 0 Å². The van der Waals surface area contributed by atoms with Crippen LogP contribution in [-0.4, -0.2) is 23.5 Å². The van der Waals surface area contributed by atoms with Crippen LogP contribution < -0.4 is 10.6 Å². The molecule has 1 heterocycles. The third-order valence-corrected chi connectivity index (χ3v) is 1.91. The lowest BCUT2D eigenvalue weighted by molar-refractivity contribution is -0.129. The molecule has 0 atom stereocenters. The first kappa shape index (κ1) is 12.4. The predicted molar refractivity (Wildman–Crippen MR) is 55.7 cm³/mol. The average molecular weight is 186 g/mol. The number of nitrogens with one attached hydrogen (secondary N) is 2. The van der Waals surface area contributed by atoms with Gasteiger partial charge in [-0.15, -0.1) is 0 Å². The molecule has 0 radical (unpaired) electrons. The smallest absolute Gasteiger partial charge is 0.239 e. The minimum absolute atomic E-state index is 0.0113. The molecule has 0 bridgehead atoms. The molecule has 0 aromatic heterocycles. The molecule has 0 aromatic rings. The molecule has 1 aliphatic heterocycles. The number of rotatable bonds is 0. The minimum atomic E-state index is -0.429. The van der Waals surface area contributed by atoms with Gasteiger partial charge in [-0.25, -0.2) is 0 Å². The summed E-state index contributed by atoms with van der Waals surface area (Å²) in [6, 6.07) is 0. The van der Waals surface area contributed by atoms with Crippen molar-refractivity contribution in [3.63, 3.8) is 0 Å². The van der Waals surface area contributed by atoms with Crippen LogP contribution in [0.15, 0.2) is 0 Å². The second-order valence-electron chi connectivity index (χ2n) is 4.32. The third-order valence-electron chi connectivity index (χ3n) is 1.91. The Morgan fingerprint density at radius 2 is 1.62 bits per heavy atom. The largest absolute Gasteiger partial charge is 0.353 e. The Hall–Kier alpha value is -0.570. The summed E-state index contributed by atoms with van der Waals surface area (Å²) in [6.45, 7) is 12.6. The van der Waals surface area contributed by atoms with Gasteiger partial charge in [0.1, 0.15) is 0 Å². The molecular formula is C10H22N2O. The Labute approximate surface area is 81.3 Å². The molecule has 13 heavy (non-hydrogen) atoms. The summed E-state index contributed by atoms with van der Waals surface area (Å²) in [4.78, 5) is 11.2. The second kappa shape index (κ2) is 4.09. The summed E-state index contributed by atoms with van der Waals surface area (Å²) in [5.74, 6) is 0.0804. The first-order chi connectivity index (χ1) is 5.83. The highest BCUT2D eigenvalue weighted by atomic mass is 16.2. The van der Waals surface area contributed by atoms with Crippen molar-refractivity contribution in [2.45, 2.75) is 52.6 Å². The number of hydrogen-bond donors (Lipinski definition) is 2. The van der Waals surface area contributed by atoms with Gasteiger partial charge in [0, 0.05) is 12.1 Å². The van der Waals surface area contributed by atoms with Crippen molar-refractivity contribution in [1.82, 2.24) is 10.6 Å². The Balaban J connectivity index is 0.000000671. The predicted octanol–water partition coefficient (Wildman–Crippen LogP) is 1.29. The number of carbonyl (C=O) groups is 1. The van der Waals surface area contributed by atoms with Crippen molar-refractivity contribution in [2.24, 2.45) is 0 Å². The van der Waals surface area contributed by atoms with Crippen LogP contribution in [-0.2, 0) is 4.79 Å². The molecule has 0 aliphatic carbocycles. The number of carbonyl (C=O) groups excluding carboxylic acids is 1. The van der Waals surface area contributed by atoms with E-state index in [2.05, 4.69) is 24.5 Å². The molecule has 1 fully saturated rings. The highest BCUT2D eigenvalue weighted by molar-refractivity contribution is 5.86. The fourth-order valence-electron chi connectivity index (χ4n) is 1.47. The summed E-state index contributed by atoms with van der Waals surface area (Å²) in [6.07, 6.45) is 0. The van der Waals surface area contributed by atoms with E-state index in [1.807, 2.05) is 27.7 Å². The van der Waals surface area contributed by atoms with Gasteiger partial charge in [-0.2, -0.15) is 0 Å². The Bertz CT molecular complexity index is 185. The highest BCUT2D eigenvalue weighted by Crippen LogP contribution is 2.15. The monoisotopic (exact) mass is 186 g/mol. The van der Waals surface area contributed by atoms with E-state index in [0.29, 0.717) is 6.54 Å². The standard InChI is InChI=1S/C8H16N2O.C2H6/c1-7(2)5-9-6(11)8(3,4)10-7;1-2/h10H,5H2,1-4H3,(H,9,11);1-2H3. The van der Waals surface area contributed by atoms with Crippen molar-refractivity contribution < 1.29 is 4.79 Å². The van der Waals surface area contributed by atoms with Crippen LogP contribution in [0.5, 0.6) is 0 Å². The molecule has 0 unspecified atom stereocenters. The van der Waals surface area contributed by atoms with Gasteiger partial charge in [-0.05, 0) is 27.7 Å². The van der Waals surface area contributed by atoms with Crippen molar-refractivity contribution in [2.75, 3.05) is 6.54 Å². The van der Waals surface area contributed by atoms with Gasteiger partial charge in [-0.3, -0.25) is 10.1 Å². The lowest BCUT2D eigenvalue weighted by atomic mass is 9.92. The summed E-state index contributed by atoms with van der Waals surface area (Å²) in [7, 11) is 0. The number of hydrogen-bond acceptors (Lipinski definition) is 2. The first-order valence-corrected chi connectivity index (χ1v) is 4.91. The molecule has 0 spiro atoms. The molecule has 1 amide bonds. The topological polar surface area (TPSA) is 41.1 Å². The maximum Gasteiger partial charge on any atom is 0.239 e. The zero-order chi connectivity index (χ0) is 10.7. The van der Waals surface area contributed by atoms with Crippen molar-refractivity contribution in [3.8, 4) is 0 Å². The maximum absolute atomic E-state index is 11.2. The Morgan fingerprint density at radius 3 is 1.92 bits per heavy atom. The highest BCUT2D eigenvalue weighted by Gasteiger charge is 2.38. The maximum atomic E-state index is 11.2. The van der Waals surface area contributed by atoms with Crippen LogP contribution in [0.2, 0.25) is 0 Å². The third kappa shape index (κ3) is 3.35. The van der Waals surface area contributed by atoms with E-state index >= 15 is 0 Å².